The van der Waals surface area contributed by atoms with Crippen molar-refractivity contribution in [1.82, 2.24) is 0 Å². The van der Waals surface area contributed by atoms with E-state index in [0.29, 0.717) is 25.7 Å². The van der Waals surface area contributed by atoms with Crippen molar-refractivity contribution in [2.75, 3.05) is 0 Å². The Bertz CT molecular complexity index is 1340. The second-order valence-corrected chi connectivity index (χ2v) is 19.2. The molecular formula is C49H84O12. The Balaban J connectivity index is 0.000000613. The molecule has 0 aromatic carbocycles. The van der Waals surface area contributed by atoms with Gasteiger partial charge in [-0.15, -0.1) is 0 Å². The summed E-state index contributed by atoms with van der Waals surface area (Å²) < 4.78 is 16.1. The van der Waals surface area contributed by atoms with Gasteiger partial charge in [0.25, 0.3) is 0 Å². The molecule has 4 N–H and O–H groups in total. The molecule has 2 rings (SSSR count). The largest absolute Gasteiger partial charge is 0.509 e. The van der Waals surface area contributed by atoms with Crippen LogP contribution in [0.2, 0.25) is 0 Å². The molecule has 12 nitrogen and oxygen atoms in total. The number of aliphatic hydroxyl groups excluding tert-OH is 3. The highest BCUT2D eigenvalue weighted by atomic mass is 16.7. The normalized spacial score (nSPS) is 22.9. The minimum atomic E-state index is -0.786. The quantitative estimate of drug-likeness (QED) is 0.0347. The summed E-state index contributed by atoms with van der Waals surface area (Å²) >= 11 is 0. The number of carboxylic acids is 1. The van der Waals surface area contributed by atoms with Gasteiger partial charge in [-0.25, -0.2) is 4.79 Å². The second kappa shape index (κ2) is 30.1. The molecule has 0 aromatic heterocycles. The molecule has 12 heteroatoms. The summed E-state index contributed by atoms with van der Waals surface area (Å²) in [5.41, 5.74) is -1.08. The number of aliphatic hydroxyl groups is 3. The van der Waals surface area contributed by atoms with Gasteiger partial charge in [-0.2, -0.15) is 0 Å². The SMILES string of the molecule is CCCCC[C@@H](/C=C/[C@H]1[C@H](O)CC(=O)[C@@H]1CCCCCCC(=O)O)OC(=O)OC(C)(C)C.CCCCC[C@H](O)/C=C/[C@H]1[C@H](O)CC(=O)[C@@H]1CCCCCCC(=O)OC(C)(C)C. The molecule has 0 radical (unpaired) electrons. The third-order valence-electron chi connectivity index (χ3n) is 11.1. The van der Waals surface area contributed by atoms with Gasteiger partial charge in [0.1, 0.15) is 28.9 Å². The summed E-state index contributed by atoms with van der Waals surface area (Å²) in [5, 5.41) is 39.4. The predicted molar refractivity (Wildman–Crippen MR) is 238 cm³/mol. The van der Waals surface area contributed by atoms with Gasteiger partial charge in [0, 0.05) is 49.4 Å². The zero-order chi connectivity index (χ0) is 46.0. The molecule has 352 valence electrons. The van der Waals surface area contributed by atoms with Gasteiger partial charge in [0.2, 0.25) is 0 Å². The molecule has 61 heavy (non-hydrogen) atoms. The van der Waals surface area contributed by atoms with Crippen LogP contribution in [0.5, 0.6) is 0 Å². The number of rotatable bonds is 27. The third-order valence-corrected chi connectivity index (χ3v) is 11.1. The summed E-state index contributed by atoms with van der Waals surface area (Å²) in [4.78, 5) is 59.1. The molecule has 0 saturated heterocycles. The summed E-state index contributed by atoms with van der Waals surface area (Å²) in [6.07, 6.45) is 20.9. The number of ketones is 2. The first kappa shape index (κ1) is 55.9. The van der Waals surface area contributed by atoms with Crippen molar-refractivity contribution in [3.63, 3.8) is 0 Å². The highest BCUT2D eigenvalue weighted by molar-refractivity contribution is 5.85. The number of aliphatic carboxylic acids is 1. The van der Waals surface area contributed by atoms with E-state index in [4.69, 9.17) is 19.3 Å². The molecule has 2 aliphatic rings. The maximum Gasteiger partial charge on any atom is 0.509 e. The predicted octanol–water partition coefficient (Wildman–Crippen LogP) is 10.2. The average molecular weight is 865 g/mol. The molecule has 0 amide bonds. The first-order valence-corrected chi connectivity index (χ1v) is 23.5. The van der Waals surface area contributed by atoms with Crippen LogP contribution in [0.4, 0.5) is 4.79 Å². The lowest BCUT2D eigenvalue weighted by Crippen LogP contribution is -2.27. The Hall–Kier alpha value is -3.09. The number of esters is 1. The first-order chi connectivity index (χ1) is 28.7. The lowest BCUT2D eigenvalue weighted by Gasteiger charge is -2.22. The summed E-state index contributed by atoms with van der Waals surface area (Å²) in [6, 6.07) is 0. The maximum atomic E-state index is 12.4. The van der Waals surface area contributed by atoms with E-state index in [1.807, 2.05) is 32.9 Å². The second-order valence-electron chi connectivity index (χ2n) is 19.2. The number of carboxylic acid groups (broad SMARTS) is 1. The summed E-state index contributed by atoms with van der Waals surface area (Å²) in [5.74, 6) is -1.65. The topological polar surface area (TPSA) is 194 Å². The van der Waals surface area contributed by atoms with Gasteiger partial charge in [-0.3, -0.25) is 19.2 Å². The first-order valence-electron chi connectivity index (χ1n) is 23.5. The minimum absolute atomic E-state index is 0.0632. The van der Waals surface area contributed by atoms with Gasteiger partial charge in [0.05, 0.1) is 18.3 Å². The number of Topliss-reactive ketones (excluding diaryl/α,β-unsaturated/α-hetero) is 2. The van der Waals surface area contributed by atoms with E-state index in [1.54, 1.807) is 32.9 Å². The smallest absolute Gasteiger partial charge is 0.481 e. The maximum absolute atomic E-state index is 12.4. The van der Waals surface area contributed by atoms with E-state index >= 15 is 0 Å². The van der Waals surface area contributed by atoms with Crippen LogP contribution in [0, 0.1) is 23.7 Å². The number of carbonyl (C=O) groups excluding carboxylic acids is 4. The van der Waals surface area contributed by atoms with E-state index in [9.17, 15) is 39.3 Å². The molecule has 0 bridgehead atoms. The summed E-state index contributed by atoms with van der Waals surface area (Å²) in [6.45, 7) is 15.2. The number of hydrogen-bond donors (Lipinski definition) is 4. The van der Waals surface area contributed by atoms with Crippen LogP contribution in [0.25, 0.3) is 0 Å². The van der Waals surface area contributed by atoms with E-state index in [1.165, 1.54) is 0 Å². The van der Waals surface area contributed by atoms with Gasteiger partial charge in [0.15, 0.2) is 0 Å². The van der Waals surface area contributed by atoms with Crippen LogP contribution in [0.1, 0.15) is 197 Å². The Labute approximate surface area is 367 Å². The number of unbranched alkanes of at least 4 members (excludes halogenated alkanes) is 10. The van der Waals surface area contributed by atoms with Crippen LogP contribution in [0.15, 0.2) is 24.3 Å². The Kier molecular flexibility index (Phi) is 27.6. The molecule has 0 aliphatic heterocycles. The van der Waals surface area contributed by atoms with E-state index in [0.717, 1.165) is 96.3 Å². The van der Waals surface area contributed by atoms with Crippen LogP contribution in [0.3, 0.4) is 0 Å². The molecule has 0 unspecified atom stereocenters. The molecule has 2 aliphatic carbocycles. The van der Waals surface area contributed by atoms with Crippen molar-refractivity contribution >= 4 is 29.7 Å². The fourth-order valence-electron chi connectivity index (χ4n) is 7.95. The fraction of sp³-hybridized carbons (Fsp3) is 0.816. The van der Waals surface area contributed by atoms with Gasteiger partial charge in [-0.1, -0.05) is 103 Å². The lowest BCUT2D eigenvalue weighted by atomic mass is 9.88. The monoisotopic (exact) mass is 865 g/mol. The zero-order valence-electron chi connectivity index (χ0n) is 39.0. The minimum Gasteiger partial charge on any atom is -0.481 e. The molecule has 0 heterocycles. The van der Waals surface area contributed by atoms with Crippen molar-refractivity contribution < 1.29 is 58.6 Å². The highest BCUT2D eigenvalue weighted by Crippen LogP contribution is 2.36. The molecule has 0 aromatic rings. The van der Waals surface area contributed by atoms with Gasteiger partial charge in [-0.05, 0) is 92.6 Å². The van der Waals surface area contributed by atoms with Crippen molar-refractivity contribution in [2.24, 2.45) is 23.7 Å². The number of hydrogen-bond acceptors (Lipinski definition) is 11. The molecule has 8 atom stereocenters. The standard InChI is InChI=1S/C25H42O7.C24H42O5/c1-5-6-9-12-18(31-24(30)32-25(2,3)4)15-16-20-19(21(26)17-22(20)27)13-10-7-8-11-14-23(28)29;1-5-6-9-12-18(25)15-16-20-19(21(26)17-22(20)27)13-10-7-8-11-14-23(28)29-24(2,3)4/h15-16,18-20,22,27H,5-14,17H2,1-4H3,(H,28,29);15-16,18-20,22,25,27H,5-14,17H2,1-4H3/b2*16-15+/t2*18-,19+,20+,22+/m00/s1. The van der Waals surface area contributed by atoms with Crippen molar-refractivity contribution in [3.05, 3.63) is 24.3 Å². The Morgan fingerprint density at radius 1 is 0.639 bits per heavy atom. The third kappa shape index (κ3) is 26.2. The fourth-order valence-corrected chi connectivity index (χ4v) is 7.95. The van der Waals surface area contributed by atoms with Gasteiger partial charge >= 0.3 is 18.1 Å². The Morgan fingerprint density at radius 3 is 1.57 bits per heavy atom. The van der Waals surface area contributed by atoms with E-state index < -0.39 is 47.7 Å². The highest BCUT2D eigenvalue weighted by Gasteiger charge is 2.40. The van der Waals surface area contributed by atoms with E-state index in [2.05, 4.69) is 13.8 Å². The van der Waals surface area contributed by atoms with Crippen LogP contribution in [-0.2, 0) is 33.4 Å². The molecule has 2 saturated carbocycles. The van der Waals surface area contributed by atoms with Crippen LogP contribution in [-0.4, -0.2) is 85.7 Å². The van der Waals surface area contributed by atoms with Crippen molar-refractivity contribution in [3.8, 4) is 0 Å². The summed E-state index contributed by atoms with van der Waals surface area (Å²) in [7, 11) is 0. The number of ether oxygens (including phenoxy) is 3. The Morgan fingerprint density at radius 2 is 1.10 bits per heavy atom. The van der Waals surface area contributed by atoms with Crippen LogP contribution >= 0.6 is 0 Å². The van der Waals surface area contributed by atoms with Crippen molar-refractivity contribution in [1.29, 1.82) is 0 Å². The van der Waals surface area contributed by atoms with Crippen LogP contribution < -0.4 is 0 Å². The number of carbonyl (C=O) groups is 5. The molecule has 2 fully saturated rings. The lowest BCUT2D eigenvalue weighted by molar-refractivity contribution is -0.155. The molecule has 0 spiro atoms. The van der Waals surface area contributed by atoms with Crippen molar-refractivity contribution in [2.45, 2.75) is 232 Å². The van der Waals surface area contributed by atoms with Gasteiger partial charge < -0.3 is 34.6 Å². The zero-order valence-corrected chi connectivity index (χ0v) is 39.0. The van der Waals surface area contributed by atoms with E-state index in [-0.39, 0.29) is 60.5 Å². The molecular weight excluding hydrogens is 781 g/mol. The average Bonchev–Trinajstić information content (AvgIpc) is 3.57.